The summed E-state index contributed by atoms with van der Waals surface area (Å²) in [6, 6.07) is 21.7. The van der Waals surface area contributed by atoms with Crippen molar-refractivity contribution in [3.63, 3.8) is 0 Å². The van der Waals surface area contributed by atoms with Crippen molar-refractivity contribution in [2.24, 2.45) is 0 Å². The van der Waals surface area contributed by atoms with Crippen LogP contribution in [0.5, 0.6) is 11.5 Å². The van der Waals surface area contributed by atoms with Crippen molar-refractivity contribution >= 4 is 50.8 Å². The number of aromatic amines is 1. The van der Waals surface area contributed by atoms with Gasteiger partial charge < -0.3 is 14.5 Å². The summed E-state index contributed by atoms with van der Waals surface area (Å²) in [5, 5.41) is 3.78. The monoisotopic (exact) mass is 566 g/mol. The molecule has 1 N–H and O–H groups in total. The lowest BCUT2D eigenvalue weighted by Crippen LogP contribution is -2.04. The van der Waals surface area contributed by atoms with Crippen LogP contribution in [-0.2, 0) is 11.2 Å². The van der Waals surface area contributed by atoms with Crippen molar-refractivity contribution in [3.8, 4) is 22.1 Å². The Hall–Kier alpha value is -3.17. The SMILES string of the molecule is COC(=O)c1c(Oc2cccc(-c3nc(Cc4cccc(I)c4)cs3)c2)ccc2[nH]ccc12. The molecule has 0 radical (unpaired) electrons. The molecule has 0 atom stereocenters. The van der Waals surface area contributed by atoms with E-state index in [4.69, 9.17) is 14.5 Å². The summed E-state index contributed by atoms with van der Waals surface area (Å²) in [6.45, 7) is 0. The number of hydrogen-bond donors (Lipinski definition) is 1. The molecule has 33 heavy (non-hydrogen) atoms. The van der Waals surface area contributed by atoms with E-state index in [0.29, 0.717) is 17.1 Å². The Morgan fingerprint density at radius 1 is 1.09 bits per heavy atom. The van der Waals surface area contributed by atoms with E-state index in [1.807, 2.05) is 36.4 Å². The molecule has 3 aromatic carbocycles. The van der Waals surface area contributed by atoms with Crippen LogP contribution in [0.15, 0.2) is 78.3 Å². The Morgan fingerprint density at radius 2 is 1.97 bits per heavy atom. The fourth-order valence-electron chi connectivity index (χ4n) is 3.71. The molecule has 2 aromatic heterocycles. The van der Waals surface area contributed by atoms with E-state index in [1.54, 1.807) is 23.6 Å². The maximum atomic E-state index is 12.5. The quantitative estimate of drug-likeness (QED) is 0.177. The maximum absolute atomic E-state index is 12.5. The smallest absolute Gasteiger partial charge is 0.342 e. The van der Waals surface area contributed by atoms with Crippen LogP contribution in [0.4, 0.5) is 0 Å². The largest absolute Gasteiger partial charge is 0.465 e. The highest BCUT2D eigenvalue weighted by Gasteiger charge is 2.19. The summed E-state index contributed by atoms with van der Waals surface area (Å²) in [4.78, 5) is 20.4. The second kappa shape index (κ2) is 9.36. The molecule has 5 aromatic rings. The van der Waals surface area contributed by atoms with Crippen LogP contribution in [0.3, 0.4) is 0 Å². The number of thiazole rings is 1. The van der Waals surface area contributed by atoms with Crippen LogP contribution in [0, 0.1) is 3.57 Å². The minimum Gasteiger partial charge on any atom is -0.465 e. The first-order chi connectivity index (χ1) is 16.1. The van der Waals surface area contributed by atoms with E-state index in [2.05, 4.69) is 57.2 Å². The molecule has 0 fully saturated rings. The van der Waals surface area contributed by atoms with Crippen LogP contribution < -0.4 is 4.74 Å². The molecule has 2 heterocycles. The molecule has 7 heteroatoms. The fraction of sp³-hybridized carbons (Fsp3) is 0.0769. The molecule has 164 valence electrons. The van der Waals surface area contributed by atoms with Crippen LogP contribution in [-0.4, -0.2) is 23.0 Å². The van der Waals surface area contributed by atoms with E-state index in [-0.39, 0.29) is 0 Å². The third-order valence-corrected chi connectivity index (χ3v) is 6.83. The minimum atomic E-state index is -0.438. The molecular weight excluding hydrogens is 547 g/mol. The summed E-state index contributed by atoms with van der Waals surface area (Å²) < 4.78 is 12.4. The lowest BCUT2D eigenvalue weighted by atomic mass is 10.1. The Balaban J connectivity index is 1.42. The molecule has 0 aliphatic heterocycles. The molecule has 0 bridgehead atoms. The summed E-state index contributed by atoms with van der Waals surface area (Å²) >= 11 is 3.93. The van der Waals surface area contributed by atoms with Crippen molar-refractivity contribution in [2.75, 3.05) is 7.11 Å². The number of hydrogen-bond acceptors (Lipinski definition) is 5. The molecule has 5 rings (SSSR count). The van der Waals surface area contributed by atoms with E-state index in [9.17, 15) is 4.79 Å². The molecule has 0 aliphatic rings. The number of H-pyrrole nitrogens is 1. The predicted molar refractivity (Wildman–Crippen MR) is 139 cm³/mol. The first-order valence-electron chi connectivity index (χ1n) is 10.3. The van der Waals surface area contributed by atoms with Gasteiger partial charge in [-0.05, 0) is 70.6 Å². The third-order valence-electron chi connectivity index (χ3n) is 5.22. The highest BCUT2D eigenvalue weighted by molar-refractivity contribution is 14.1. The summed E-state index contributed by atoms with van der Waals surface area (Å²) in [5.74, 6) is 0.637. The Morgan fingerprint density at radius 3 is 2.82 bits per heavy atom. The lowest BCUT2D eigenvalue weighted by molar-refractivity contribution is 0.0600. The van der Waals surface area contributed by atoms with Crippen molar-refractivity contribution < 1.29 is 14.3 Å². The lowest BCUT2D eigenvalue weighted by Gasteiger charge is -2.12. The first kappa shape index (κ1) is 21.7. The van der Waals surface area contributed by atoms with Gasteiger partial charge in [-0.15, -0.1) is 11.3 Å². The van der Waals surface area contributed by atoms with Gasteiger partial charge in [-0.3, -0.25) is 0 Å². The number of nitrogens with one attached hydrogen (secondary N) is 1. The minimum absolute atomic E-state index is 0.399. The summed E-state index contributed by atoms with van der Waals surface area (Å²) in [6.07, 6.45) is 2.58. The second-order valence-electron chi connectivity index (χ2n) is 7.45. The molecule has 0 aliphatic carbocycles. The van der Waals surface area contributed by atoms with E-state index < -0.39 is 5.97 Å². The first-order valence-corrected chi connectivity index (χ1v) is 12.2. The van der Waals surface area contributed by atoms with E-state index in [1.165, 1.54) is 16.2 Å². The Bertz CT molecular complexity index is 1460. The highest BCUT2D eigenvalue weighted by Crippen LogP contribution is 2.34. The molecule has 0 unspecified atom stereocenters. The topological polar surface area (TPSA) is 64.2 Å². The number of halogens is 1. The number of nitrogens with zero attached hydrogens (tertiary/aromatic N) is 1. The van der Waals surface area contributed by atoms with Crippen LogP contribution in [0.25, 0.3) is 21.5 Å². The number of fused-ring (bicyclic) bond motifs is 1. The number of carbonyl (C=O) groups is 1. The number of methoxy groups -OCH3 is 1. The summed E-state index contributed by atoms with van der Waals surface area (Å²) in [7, 11) is 1.37. The van der Waals surface area contributed by atoms with Gasteiger partial charge in [-0.1, -0.05) is 24.3 Å². The van der Waals surface area contributed by atoms with Gasteiger partial charge in [0.05, 0.1) is 12.8 Å². The van der Waals surface area contributed by atoms with Crippen LogP contribution in [0.1, 0.15) is 21.6 Å². The van der Waals surface area contributed by atoms with E-state index in [0.717, 1.165) is 33.6 Å². The van der Waals surface area contributed by atoms with Gasteiger partial charge in [-0.2, -0.15) is 0 Å². The number of esters is 1. The van der Waals surface area contributed by atoms with Gasteiger partial charge >= 0.3 is 5.97 Å². The Labute approximate surface area is 208 Å². The number of aromatic nitrogens is 2. The summed E-state index contributed by atoms with van der Waals surface area (Å²) in [5.41, 5.74) is 4.49. The van der Waals surface area contributed by atoms with Crippen LogP contribution in [0.2, 0.25) is 0 Å². The standard InChI is InChI=1S/C26H19IN2O3S/c1-31-26(30)24-21-10-11-28-22(21)8-9-23(24)32-20-7-3-5-17(14-20)25-29-19(15-33-25)13-16-4-2-6-18(27)12-16/h2-12,14-15,28H,13H2,1H3. The van der Waals surface area contributed by atoms with Crippen molar-refractivity contribution in [2.45, 2.75) is 6.42 Å². The fourth-order valence-corrected chi connectivity index (χ4v) is 5.13. The molecular formula is C26H19IN2O3S. The molecule has 5 nitrogen and oxygen atoms in total. The van der Waals surface area contributed by atoms with Crippen molar-refractivity contribution in [3.05, 3.63) is 98.7 Å². The third kappa shape index (κ3) is 4.65. The zero-order valence-electron chi connectivity index (χ0n) is 17.7. The molecule has 0 amide bonds. The average molecular weight is 566 g/mol. The zero-order chi connectivity index (χ0) is 22.8. The molecule has 0 saturated carbocycles. The van der Waals surface area contributed by atoms with Crippen molar-refractivity contribution in [1.29, 1.82) is 0 Å². The Kier molecular flexibility index (Phi) is 6.15. The van der Waals surface area contributed by atoms with Crippen LogP contribution >= 0.6 is 33.9 Å². The zero-order valence-corrected chi connectivity index (χ0v) is 20.6. The van der Waals surface area contributed by atoms with Gasteiger partial charge in [0, 0.05) is 38.0 Å². The normalized spacial score (nSPS) is 11.0. The number of rotatable bonds is 6. The predicted octanol–water partition coefficient (Wildman–Crippen LogP) is 7.07. The van der Waals surface area contributed by atoms with Gasteiger partial charge in [0.25, 0.3) is 0 Å². The number of carbonyl (C=O) groups excluding carboxylic acids is 1. The molecule has 0 saturated heterocycles. The molecule has 0 spiro atoms. The van der Waals surface area contributed by atoms with Gasteiger partial charge in [-0.25, -0.2) is 9.78 Å². The number of ether oxygens (including phenoxy) is 2. The van der Waals surface area contributed by atoms with Gasteiger partial charge in [0.2, 0.25) is 0 Å². The average Bonchev–Trinajstić information content (AvgIpc) is 3.48. The number of benzene rings is 3. The second-order valence-corrected chi connectivity index (χ2v) is 9.55. The van der Waals surface area contributed by atoms with Gasteiger partial charge in [0.15, 0.2) is 0 Å². The van der Waals surface area contributed by atoms with Gasteiger partial charge in [0.1, 0.15) is 22.1 Å². The highest BCUT2D eigenvalue weighted by atomic mass is 127. The van der Waals surface area contributed by atoms with Crippen molar-refractivity contribution in [1.82, 2.24) is 9.97 Å². The maximum Gasteiger partial charge on any atom is 0.342 e. The van der Waals surface area contributed by atoms with E-state index >= 15 is 0 Å².